The zero-order valence-electron chi connectivity index (χ0n) is 10.3. The fraction of sp³-hybridized carbons (Fsp3) is 0.769. The highest BCUT2D eigenvalue weighted by Gasteiger charge is 2.35. The first-order valence-corrected chi connectivity index (χ1v) is 6.53. The standard InChI is InChI=1S/C13H22N2O2/c14-13(6-9-17-10-7-13)12(16)15-8-5-11-3-1-2-4-11/h3H,1-2,4-10,14H2,(H,15,16). The van der Waals surface area contributed by atoms with Gasteiger partial charge in [0.15, 0.2) is 0 Å². The third kappa shape index (κ3) is 3.30. The van der Waals surface area contributed by atoms with E-state index >= 15 is 0 Å². The molecule has 1 heterocycles. The summed E-state index contributed by atoms with van der Waals surface area (Å²) in [5.41, 5.74) is 6.86. The smallest absolute Gasteiger partial charge is 0.240 e. The van der Waals surface area contributed by atoms with Crippen LogP contribution in [0.4, 0.5) is 0 Å². The second-order valence-electron chi connectivity index (χ2n) is 5.03. The first-order valence-electron chi connectivity index (χ1n) is 6.53. The van der Waals surface area contributed by atoms with Crippen LogP contribution in [0.2, 0.25) is 0 Å². The second-order valence-corrected chi connectivity index (χ2v) is 5.03. The Morgan fingerprint density at radius 3 is 2.88 bits per heavy atom. The van der Waals surface area contributed by atoms with Gasteiger partial charge in [0.25, 0.3) is 0 Å². The molecular weight excluding hydrogens is 216 g/mol. The molecule has 1 aliphatic heterocycles. The van der Waals surface area contributed by atoms with Crippen LogP contribution in [0, 0.1) is 0 Å². The number of carbonyl (C=O) groups excluding carboxylic acids is 1. The van der Waals surface area contributed by atoms with Crippen molar-refractivity contribution in [3.05, 3.63) is 11.6 Å². The Labute approximate surface area is 103 Å². The molecule has 1 amide bonds. The molecule has 1 aliphatic carbocycles. The molecule has 0 aromatic carbocycles. The molecule has 17 heavy (non-hydrogen) atoms. The maximum Gasteiger partial charge on any atom is 0.240 e. The van der Waals surface area contributed by atoms with E-state index in [9.17, 15) is 4.79 Å². The fourth-order valence-electron chi connectivity index (χ4n) is 2.44. The van der Waals surface area contributed by atoms with Gasteiger partial charge in [-0.3, -0.25) is 4.79 Å². The Balaban J connectivity index is 1.72. The van der Waals surface area contributed by atoms with E-state index in [4.69, 9.17) is 10.5 Å². The molecule has 0 aromatic heterocycles. The molecule has 2 rings (SSSR count). The number of nitrogens with two attached hydrogens (primary N) is 1. The SMILES string of the molecule is NC1(C(=O)NCCC2=CCCC2)CCOCC1. The number of hydrogen-bond acceptors (Lipinski definition) is 3. The first-order chi connectivity index (χ1) is 8.21. The quantitative estimate of drug-likeness (QED) is 0.721. The average Bonchev–Trinajstić information content (AvgIpc) is 2.83. The van der Waals surface area contributed by atoms with Crippen molar-refractivity contribution in [2.24, 2.45) is 5.73 Å². The molecule has 0 atom stereocenters. The molecule has 1 saturated heterocycles. The number of rotatable bonds is 4. The van der Waals surface area contributed by atoms with Crippen molar-refractivity contribution in [1.29, 1.82) is 0 Å². The van der Waals surface area contributed by atoms with Crippen molar-refractivity contribution in [2.45, 2.75) is 44.1 Å². The first kappa shape index (κ1) is 12.6. The molecule has 4 nitrogen and oxygen atoms in total. The number of carbonyl (C=O) groups is 1. The molecule has 96 valence electrons. The average molecular weight is 238 g/mol. The monoisotopic (exact) mass is 238 g/mol. The van der Waals surface area contributed by atoms with Crippen molar-refractivity contribution in [3.8, 4) is 0 Å². The fourth-order valence-corrected chi connectivity index (χ4v) is 2.44. The van der Waals surface area contributed by atoms with Gasteiger partial charge in [-0.15, -0.1) is 0 Å². The van der Waals surface area contributed by atoms with Gasteiger partial charge < -0.3 is 15.8 Å². The van der Waals surface area contributed by atoms with Gasteiger partial charge in [0.2, 0.25) is 5.91 Å². The van der Waals surface area contributed by atoms with E-state index in [0.29, 0.717) is 32.6 Å². The molecule has 0 radical (unpaired) electrons. The lowest BCUT2D eigenvalue weighted by molar-refractivity contribution is -0.129. The molecule has 0 spiro atoms. The normalized spacial score (nSPS) is 23.2. The van der Waals surface area contributed by atoms with E-state index in [1.165, 1.54) is 24.8 Å². The van der Waals surface area contributed by atoms with E-state index in [0.717, 1.165) is 6.42 Å². The number of nitrogens with one attached hydrogen (secondary N) is 1. The summed E-state index contributed by atoms with van der Waals surface area (Å²) in [5, 5.41) is 2.96. The van der Waals surface area contributed by atoms with Crippen LogP contribution in [-0.4, -0.2) is 31.2 Å². The summed E-state index contributed by atoms with van der Waals surface area (Å²) in [7, 11) is 0. The second kappa shape index (κ2) is 5.65. The van der Waals surface area contributed by atoms with E-state index < -0.39 is 5.54 Å². The van der Waals surface area contributed by atoms with E-state index in [-0.39, 0.29) is 5.91 Å². The minimum absolute atomic E-state index is 0.0144. The lowest BCUT2D eigenvalue weighted by Crippen LogP contribution is -2.57. The van der Waals surface area contributed by atoms with Gasteiger partial charge in [0.1, 0.15) is 0 Å². The van der Waals surface area contributed by atoms with Crippen molar-refractivity contribution < 1.29 is 9.53 Å². The van der Waals surface area contributed by atoms with Gasteiger partial charge in [-0.1, -0.05) is 11.6 Å². The van der Waals surface area contributed by atoms with Crippen molar-refractivity contribution in [1.82, 2.24) is 5.32 Å². The maximum atomic E-state index is 12.0. The largest absolute Gasteiger partial charge is 0.381 e. The van der Waals surface area contributed by atoms with Crippen molar-refractivity contribution >= 4 is 5.91 Å². The Morgan fingerprint density at radius 1 is 1.47 bits per heavy atom. The molecule has 0 aromatic rings. The Kier molecular flexibility index (Phi) is 4.18. The summed E-state index contributed by atoms with van der Waals surface area (Å²) >= 11 is 0. The summed E-state index contributed by atoms with van der Waals surface area (Å²) < 4.78 is 5.23. The zero-order valence-corrected chi connectivity index (χ0v) is 10.3. The molecule has 0 unspecified atom stereocenters. The molecular formula is C13H22N2O2. The summed E-state index contributed by atoms with van der Waals surface area (Å²) in [5.74, 6) is -0.0144. The molecule has 1 fully saturated rings. The summed E-state index contributed by atoms with van der Waals surface area (Å²) in [6.45, 7) is 1.90. The van der Waals surface area contributed by atoms with Crippen LogP contribution in [-0.2, 0) is 9.53 Å². The van der Waals surface area contributed by atoms with E-state index in [2.05, 4.69) is 11.4 Å². The summed E-state index contributed by atoms with van der Waals surface area (Å²) in [6, 6.07) is 0. The van der Waals surface area contributed by atoms with Gasteiger partial charge in [0.05, 0.1) is 5.54 Å². The summed E-state index contributed by atoms with van der Waals surface area (Å²) in [6.07, 6.45) is 8.17. The molecule has 2 aliphatic rings. The third-order valence-electron chi connectivity index (χ3n) is 3.70. The molecule has 0 bridgehead atoms. The topological polar surface area (TPSA) is 64.4 Å². The molecule has 4 heteroatoms. The van der Waals surface area contributed by atoms with Gasteiger partial charge in [-0.05, 0) is 38.5 Å². The van der Waals surface area contributed by atoms with Crippen molar-refractivity contribution in [2.75, 3.05) is 19.8 Å². The minimum Gasteiger partial charge on any atom is -0.381 e. The van der Waals surface area contributed by atoms with Crippen LogP contribution in [0.5, 0.6) is 0 Å². The zero-order chi connectivity index (χ0) is 12.1. The lowest BCUT2D eigenvalue weighted by Gasteiger charge is -2.31. The van der Waals surface area contributed by atoms with Gasteiger partial charge in [-0.25, -0.2) is 0 Å². The van der Waals surface area contributed by atoms with Crippen molar-refractivity contribution in [3.63, 3.8) is 0 Å². The van der Waals surface area contributed by atoms with Crippen LogP contribution >= 0.6 is 0 Å². The Bertz CT molecular complexity index is 307. The molecule has 3 N–H and O–H groups in total. The lowest BCUT2D eigenvalue weighted by atomic mass is 9.90. The van der Waals surface area contributed by atoms with Crippen LogP contribution in [0.1, 0.15) is 38.5 Å². The number of allylic oxidation sites excluding steroid dienone is 1. The van der Waals surface area contributed by atoms with Gasteiger partial charge in [0, 0.05) is 19.8 Å². The highest BCUT2D eigenvalue weighted by Crippen LogP contribution is 2.20. The van der Waals surface area contributed by atoms with Crippen LogP contribution < -0.4 is 11.1 Å². The highest BCUT2D eigenvalue weighted by atomic mass is 16.5. The highest BCUT2D eigenvalue weighted by molar-refractivity contribution is 5.86. The Hall–Kier alpha value is -0.870. The number of hydrogen-bond donors (Lipinski definition) is 2. The predicted octanol–water partition coefficient (Wildman–Crippen LogP) is 1.11. The summed E-state index contributed by atoms with van der Waals surface area (Å²) in [4.78, 5) is 12.0. The van der Waals surface area contributed by atoms with Gasteiger partial charge in [-0.2, -0.15) is 0 Å². The van der Waals surface area contributed by atoms with Crippen LogP contribution in [0.25, 0.3) is 0 Å². The van der Waals surface area contributed by atoms with Crippen LogP contribution in [0.3, 0.4) is 0 Å². The van der Waals surface area contributed by atoms with E-state index in [1.807, 2.05) is 0 Å². The maximum absolute atomic E-state index is 12.0. The van der Waals surface area contributed by atoms with Crippen LogP contribution in [0.15, 0.2) is 11.6 Å². The predicted molar refractivity (Wildman–Crippen MR) is 66.5 cm³/mol. The molecule has 0 saturated carbocycles. The third-order valence-corrected chi connectivity index (χ3v) is 3.70. The number of ether oxygens (including phenoxy) is 1. The number of amides is 1. The minimum atomic E-state index is -0.706. The van der Waals surface area contributed by atoms with Gasteiger partial charge >= 0.3 is 0 Å². The van der Waals surface area contributed by atoms with E-state index in [1.54, 1.807) is 0 Å². The Morgan fingerprint density at radius 2 is 2.24 bits per heavy atom.